The van der Waals surface area contributed by atoms with Crippen LogP contribution in [0, 0.1) is 5.92 Å². The van der Waals surface area contributed by atoms with Gasteiger partial charge in [0.15, 0.2) is 0 Å². The van der Waals surface area contributed by atoms with Crippen molar-refractivity contribution in [2.45, 2.75) is 43.8 Å². The largest absolute Gasteiger partial charge is 0.416 e. The smallest absolute Gasteiger partial charge is 0.326 e. The number of nitrogens with zero attached hydrogens (tertiary/aromatic N) is 1. The van der Waals surface area contributed by atoms with Crippen molar-refractivity contribution in [2.75, 3.05) is 25.4 Å². The molecule has 0 aromatic heterocycles. The van der Waals surface area contributed by atoms with Crippen LogP contribution in [-0.2, 0) is 12.7 Å². The summed E-state index contributed by atoms with van der Waals surface area (Å²) in [5.74, 6) is 1.64. The van der Waals surface area contributed by atoms with Gasteiger partial charge in [0, 0.05) is 11.4 Å². The SMILES string of the molecule is CC1CCN(CCCSc2cc(C(F)(F)F)ccc2CN)CC1. The molecule has 1 saturated heterocycles. The Morgan fingerprint density at radius 3 is 2.57 bits per heavy atom. The third-order valence-electron chi connectivity index (χ3n) is 4.37. The third-order valence-corrected chi connectivity index (χ3v) is 5.55. The molecular formula is C17H25F3N2S. The first kappa shape index (κ1) is 18.6. The van der Waals surface area contributed by atoms with E-state index in [4.69, 9.17) is 5.73 Å². The molecule has 23 heavy (non-hydrogen) atoms. The zero-order valence-electron chi connectivity index (χ0n) is 13.5. The van der Waals surface area contributed by atoms with Crippen LogP contribution in [0.4, 0.5) is 13.2 Å². The molecule has 0 atom stereocenters. The quantitative estimate of drug-likeness (QED) is 0.612. The van der Waals surface area contributed by atoms with E-state index in [2.05, 4.69) is 11.8 Å². The van der Waals surface area contributed by atoms with Gasteiger partial charge in [-0.2, -0.15) is 13.2 Å². The molecular weight excluding hydrogens is 321 g/mol. The molecule has 0 bridgehead atoms. The first-order chi connectivity index (χ1) is 10.9. The van der Waals surface area contributed by atoms with E-state index >= 15 is 0 Å². The topological polar surface area (TPSA) is 29.3 Å². The Kier molecular flexibility index (Phi) is 6.80. The van der Waals surface area contributed by atoms with Gasteiger partial charge in [-0.05, 0) is 68.3 Å². The Morgan fingerprint density at radius 1 is 1.26 bits per heavy atom. The highest BCUT2D eigenvalue weighted by Crippen LogP contribution is 2.34. The van der Waals surface area contributed by atoms with Gasteiger partial charge in [0.2, 0.25) is 0 Å². The normalized spacial score (nSPS) is 17.6. The van der Waals surface area contributed by atoms with E-state index in [1.807, 2.05) is 0 Å². The van der Waals surface area contributed by atoms with Crippen LogP contribution in [0.3, 0.4) is 0 Å². The van der Waals surface area contributed by atoms with Crippen LogP contribution in [0.25, 0.3) is 0 Å². The lowest BCUT2D eigenvalue weighted by atomic mass is 9.99. The zero-order chi connectivity index (χ0) is 16.9. The van der Waals surface area contributed by atoms with Crippen LogP contribution in [0.5, 0.6) is 0 Å². The standard InChI is InChI=1S/C17H25F3N2S/c1-13-5-8-22(9-6-13)7-2-10-23-16-11-15(17(18,19)20)4-3-14(16)12-21/h3-4,11,13H,2,5-10,12,21H2,1H3. The van der Waals surface area contributed by atoms with Gasteiger partial charge in [0.25, 0.3) is 0 Å². The van der Waals surface area contributed by atoms with E-state index in [9.17, 15) is 13.2 Å². The second-order valence-corrected chi connectivity index (χ2v) is 7.39. The van der Waals surface area contributed by atoms with Gasteiger partial charge in [0.1, 0.15) is 0 Å². The van der Waals surface area contributed by atoms with E-state index in [-0.39, 0.29) is 6.54 Å². The number of alkyl halides is 3. The molecule has 0 unspecified atom stereocenters. The second kappa shape index (κ2) is 8.40. The van der Waals surface area contributed by atoms with Gasteiger partial charge in [-0.15, -0.1) is 11.8 Å². The molecule has 1 aliphatic rings. The van der Waals surface area contributed by atoms with Crippen LogP contribution >= 0.6 is 11.8 Å². The number of thioether (sulfide) groups is 1. The van der Waals surface area contributed by atoms with Crippen LogP contribution in [0.1, 0.15) is 37.3 Å². The third kappa shape index (κ3) is 5.69. The molecule has 6 heteroatoms. The number of halogens is 3. The number of nitrogens with two attached hydrogens (primary N) is 1. The van der Waals surface area contributed by atoms with Crippen LogP contribution in [0.2, 0.25) is 0 Å². The minimum Gasteiger partial charge on any atom is -0.326 e. The van der Waals surface area contributed by atoms with E-state index in [0.29, 0.717) is 4.90 Å². The molecule has 1 heterocycles. The van der Waals surface area contributed by atoms with Gasteiger partial charge in [0.05, 0.1) is 5.56 Å². The van der Waals surface area contributed by atoms with Crippen molar-refractivity contribution < 1.29 is 13.2 Å². The van der Waals surface area contributed by atoms with E-state index < -0.39 is 11.7 Å². The molecule has 2 rings (SSSR count). The number of benzene rings is 1. The van der Waals surface area contributed by atoms with Crippen molar-refractivity contribution in [3.63, 3.8) is 0 Å². The molecule has 0 saturated carbocycles. The fourth-order valence-electron chi connectivity index (χ4n) is 2.79. The summed E-state index contributed by atoms with van der Waals surface area (Å²) in [5.41, 5.74) is 5.83. The first-order valence-electron chi connectivity index (χ1n) is 8.15. The van der Waals surface area contributed by atoms with Crippen LogP contribution < -0.4 is 5.73 Å². The Morgan fingerprint density at radius 2 is 1.96 bits per heavy atom. The van der Waals surface area contributed by atoms with Crippen LogP contribution in [-0.4, -0.2) is 30.3 Å². The monoisotopic (exact) mass is 346 g/mol. The minimum atomic E-state index is -4.30. The van der Waals surface area contributed by atoms with Crippen molar-refractivity contribution >= 4 is 11.8 Å². The van der Waals surface area contributed by atoms with Crippen molar-refractivity contribution in [1.82, 2.24) is 4.90 Å². The predicted octanol–water partition coefficient (Wildman–Crippen LogP) is 4.38. The molecule has 0 amide bonds. The lowest BCUT2D eigenvalue weighted by molar-refractivity contribution is -0.137. The summed E-state index contributed by atoms with van der Waals surface area (Å²) in [7, 11) is 0. The van der Waals surface area contributed by atoms with E-state index in [1.54, 1.807) is 0 Å². The highest BCUT2D eigenvalue weighted by atomic mass is 32.2. The van der Waals surface area contributed by atoms with Gasteiger partial charge in [-0.25, -0.2) is 0 Å². The molecule has 130 valence electrons. The van der Waals surface area contributed by atoms with E-state index in [1.165, 1.54) is 36.7 Å². The summed E-state index contributed by atoms with van der Waals surface area (Å²) in [4.78, 5) is 3.12. The number of piperidine rings is 1. The maximum Gasteiger partial charge on any atom is 0.416 e. The second-order valence-electron chi connectivity index (χ2n) is 6.25. The van der Waals surface area contributed by atoms with Gasteiger partial charge >= 0.3 is 6.18 Å². The lowest BCUT2D eigenvalue weighted by Gasteiger charge is -2.30. The molecule has 2 N–H and O–H groups in total. The van der Waals surface area contributed by atoms with Crippen molar-refractivity contribution in [3.8, 4) is 0 Å². The van der Waals surface area contributed by atoms with Crippen LogP contribution in [0.15, 0.2) is 23.1 Å². The van der Waals surface area contributed by atoms with Crippen molar-refractivity contribution in [1.29, 1.82) is 0 Å². The summed E-state index contributed by atoms with van der Waals surface area (Å²) >= 11 is 1.48. The summed E-state index contributed by atoms with van der Waals surface area (Å²) < 4.78 is 38.5. The number of hydrogen-bond donors (Lipinski definition) is 1. The molecule has 0 aliphatic carbocycles. The van der Waals surface area contributed by atoms with Crippen molar-refractivity contribution in [3.05, 3.63) is 29.3 Å². The van der Waals surface area contributed by atoms with Gasteiger partial charge < -0.3 is 10.6 Å². The average Bonchev–Trinajstić information content (AvgIpc) is 2.52. The Labute approximate surface area is 140 Å². The fourth-order valence-corrected chi connectivity index (χ4v) is 3.83. The summed E-state index contributed by atoms with van der Waals surface area (Å²) in [6.45, 7) is 5.86. The van der Waals surface area contributed by atoms with Gasteiger partial charge in [-0.1, -0.05) is 13.0 Å². The van der Waals surface area contributed by atoms with E-state index in [0.717, 1.165) is 49.4 Å². The molecule has 0 radical (unpaired) electrons. The highest BCUT2D eigenvalue weighted by molar-refractivity contribution is 7.99. The maximum absolute atomic E-state index is 12.8. The number of hydrogen-bond acceptors (Lipinski definition) is 3. The predicted molar refractivity (Wildman–Crippen MR) is 89.5 cm³/mol. The summed E-state index contributed by atoms with van der Waals surface area (Å²) in [6, 6.07) is 3.84. The highest BCUT2D eigenvalue weighted by Gasteiger charge is 2.30. The lowest BCUT2D eigenvalue weighted by Crippen LogP contribution is -2.33. The average molecular weight is 346 g/mol. The first-order valence-corrected chi connectivity index (χ1v) is 9.14. The molecule has 1 fully saturated rings. The Bertz CT molecular complexity index is 497. The zero-order valence-corrected chi connectivity index (χ0v) is 14.3. The summed E-state index contributed by atoms with van der Waals surface area (Å²) in [5, 5.41) is 0. The summed E-state index contributed by atoms with van der Waals surface area (Å²) in [6.07, 6.45) is -0.817. The van der Waals surface area contributed by atoms with Gasteiger partial charge in [-0.3, -0.25) is 0 Å². The number of likely N-dealkylation sites (tertiary alicyclic amines) is 1. The maximum atomic E-state index is 12.8. The minimum absolute atomic E-state index is 0.268. The molecule has 1 aromatic rings. The number of rotatable bonds is 6. The molecule has 1 aromatic carbocycles. The Balaban J connectivity index is 1.84. The Hall–Kier alpha value is -0.720. The molecule has 0 spiro atoms. The van der Waals surface area contributed by atoms with Crippen molar-refractivity contribution in [2.24, 2.45) is 11.7 Å². The molecule has 2 nitrogen and oxygen atoms in total. The fraction of sp³-hybridized carbons (Fsp3) is 0.647. The molecule has 1 aliphatic heterocycles.